The van der Waals surface area contributed by atoms with Gasteiger partial charge in [-0.1, -0.05) is 30.3 Å². The summed E-state index contributed by atoms with van der Waals surface area (Å²) in [6.45, 7) is 6.87. The first-order chi connectivity index (χ1) is 9.84. The molecule has 0 radical (unpaired) electrons. The second-order valence-corrected chi connectivity index (χ2v) is 6.97. The van der Waals surface area contributed by atoms with Crippen LogP contribution in [0.25, 0.3) is 0 Å². The zero-order valence-corrected chi connectivity index (χ0v) is 13.1. The Balaban J connectivity index is 2.02. The van der Waals surface area contributed by atoms with Crippen LogP contribution in [0.2, 0.25) is 0 Å². The molecule has 1 heterocycles. The van der Waals surface area contributed by atoms with Gasteiger partial charge in [0.25, 0.3) is 0 Å². The van der Waals surface area contributed by atoms with Crippen molar-refractivity contribution < 1.29 is 14.6 Å². The number of aliphatic hydroxyl groups excluding tert-OH is 1. The maximum Gasteiger partial charge on any atom is 0.410 e. The third-order valence-electron chi connectivity index (χ3n) is 3.85. The van der Waals surface area contributed by atoms with E-state index in [0.717, 1.165) is 12.8 Å². The standard InChI is InChI=1S/C17H25NO3/c1-16(2,3)21-15(20)18-10-9-17(12-18,13-19)11-14-7-5-4-6-8-14/h4-8,19H,9-13H2,1-3H3. The molecule has 1 aliphatic heterocycles. The van der Waals surface area contributed by atoms with Gasteiger partial charge in [-0.2, -0.15) is 0 Å². The van der Waals surface area contributed by atoms with Gasteiger partial charge in [0.15, 0.2) is 0 Å². The van der Waals surface area contributed by atoms with Crippen LogP contribution in [0.4, 0.5) is 4.79 Å². The summed E-state index contributed by atoms with van der Waals surface area (Å²) in [7, 11) is 0. The smallest absolute Gasteiger partial charge is 0.410 e. The molecule has 1 N–H and O–H groups in total. The largest absolute Gasteiger partial charge is 0.444 e. The van der Waals surface area contributed by atoms with Crippen LogP contribution in [0.3, 0.4) is 0 Å². The lowest BCUT2D eigenvalue weighted by atomic mass is 9.81. The second kappa shape index (κ2) is 6.06. The van der Waals surface area contributed by atoms with Gasteiger partial charge in [0, 0.05) is 18.5 Å². The Bertz CT molecular complexity index is 481. The van der Waals surface area contributed by atoms with Crippen LogP contribution in [0.5, 0.6) is 0 Å². The normalized spacial score (nSPS) is 22.4. The maximum atomic E-state index is 12.1. The molecule has 1 atom stereocenters. The highest BCUT2D eigenvalue weighted by Crippen LogP contribution is 2.34. The number of carbonyl (C=O) groups excluding carboxylic acids is 1. The van der Waals surface area contributed by atoms with E-state index in [1.807, 2.05) is 39.0 Å². The molecule has 0 saturated carbocycles. The first-order valence-electron chi connectivity index (χ1n) is 7.46. The van der Waals surface area contributed by atoms with Gasteiger partial charge < -0.3 is 14.7 Å². The second-order valence-electron chi connectivity index (χ2n) is 6.97. The highest BCUT2D eigenvalue weighted by Gasteiger charge is 2.40. The van der Waals surface area contributed by atoms with E-state index >= 15 is 0 Å². The Kier molecular flexibility index (Phi) is 4.57. The van der Waals surface area contributed by atoms with Crippen molar-refractivity contribution >= 4 is 6.09 Å². The molecule has 4 heteroatoms. The van der Waals surface area contributed by atoms with E-state index < -0.39 is 5.60 Å². The first-order valence-corrected chi connectivity index (χ1v) is 7.46. The van der Waals surface area contributed by atoms with E-state index in [-0.39, 0.29) is 18.1 Å². The minimum atomic E-state index is -0.485. The number of likely N-dealkylation sites (tertiary alicyclic amines) is 1. The van der Waals surface area contributed by atoms with Gasteiger partial charge in [0.05, 0.1) is 6.61 Å². The summed E-state index contributed by atoms with van der Waals surface area (Å²) in [6.07, 6.45) is 1.30. The van der Waals surface area contributed by atoms with Crippen molar-refractivity contribution in [1.29, 1.82) is 0 Å². The number of hydrogen-bond donors (Lipinski definition) is 1. The average molecular weight is 291 g/mol. The van der Waals surface area contributed by atoms with E-state index in [1.165, 1.54) is 5.56 Å². The van der Waals surface area contributed by atoms with E-state index in [0.29, 0.717) is 13.1 Å². The van der Waals surface area contributed by atoms with E-state index in [4.69, 9.17) is 4.74 Å². The summed E-state index contributed by atoms with van der Waals surface area (Å²) in [5.41, 5.74) is 0.455. The molecule has 21 heavy (non-hydrogen) atoms. The van der Waals surface area contributed by atoms with Crippen LogP contribution in [0, 0.1) is 5.41 Å². The van der Waals surface area contributed by atoms with Crippen molar-refractivity contribution in [2.24, 2.45) is 5.41 Å². The van der Waals surface area contributed by atoms with Gasteiger partial charge >= 0.3 is 6.09 Å². The SMILES string of the molecule is CC(C)(C)OC(=O)N1CCC(CO)(Cc2ccccc2)C1. The first kappa shape index (κ1) is 15.8. The molecule has 1 amide bonds. The fourth-order valence-electron chi connectivity index (χ4n) is 2.78. The highest BCUT2D eigenvalue weighted by atomic mass is 16.6. The molecule has 1 saturated heterocycles. The minimum absolute atomic E-state index is 0.0845. The summed E-state index contributed by atoms with van der Waals surface area (Å²) in [5, 5.41) is 9.83. The minimum Gasteiger partial charge on any atom is -0.444 e. The molecule has 1 fully saturated rings. The van der Waals surface area contributed by atoms with Crippen molar-refractivity contribution in [2.75, 3.05) is 19.7 Å². The van der Waals surface area contributed by atoms with Crippen LogP contribution in [0.15, 0.2) is 30.3 Å². The Morgan fingerprint density at radius 3 is 2.57 bits per heavy atom. The fourth-order valence-corrected chi connectivity index (χ4v) is 2.78. The number of aliphatic hydroxyl groups is 1. The number of ether oxygens (including phenoxy) is 1. The van der Waals surface area contributed by atoms with Crippen molar-refractivity contribution in [3.05, 3.63) is 35.9 Å². The van der Waals surface area contributed by atoms with E-state index in [9.17, 15) is 9.90 Å². The zero-order chi connectivity index (χ0) is 15.5. The van der Waals surface area contributed by atoms with E-state index in [1.54, 1.807) is 4.90 Å². The summed E-state index contributed by atoms with van der Waals surface area (Å²) in [6, 6.07) is 10.1. The van der Waals surface area contributed by atoms with Crippen molar-refractivity contribution in [3.8, 4) is 0 Å². The third kappa shape index (κ3) is 4.21. The van der Waals surface area contributed by atoms with Gasteiger partial charge in [-0.3, -0.25) is 0 Å². The van der Waals surface area contributed by atoms with Crippen LogP contribution in [0.1, 0.15) is 32.8 Å². The van der Waals surface area contributed by atoms with Gasteiger partial charge in [0.1, 0.15) is 5.60 Å². The molecule has 4 nitrogen and oxygen atoms in total. The summed E-state index contributed by atoms with van der Waals surface area (Å²) >= 11 is 0. The fraction of sp³-hybridized carbons (Fsp3) is 0.588. The van der Waals surface area contributed by atoms with Crippen LogP contribution < -0.4 is 0 Å². The number of benzene rings is 1. The third-order valence-corrected chi connectivity index (χ3v) is 3.85. The molecule has 0 bridgehead atoms. The average Bonchev–Trinajstić information content (AvgIpc) is 2.83. The Hall–Kier alpha value is -1.55. The molecular formula is C17H25NO3. The quantitative estimate of drug-likeness (QED) is 0.931. The van der Waals surface area contributed by atoms with Crippen LogP contribution in [-0.4, -0.2) is 41.4 Å². The summed E-state index contributed by atoms with van der Waals surface area (Å²) in [5.74, 6) is 0. The molecule has 116 valence electrons. The lowest BCUT2D eigenvalue weighted by Gasteiger charge is -2.28. The molecule has 1 unspecified atom stereocenters. The van der Waals surface area contributed by atoms with Crippen molar-refractivity contribution in [1.82, 2.24) is 4.90 Å². The predicted octanol–water partition coefficient (Wildman–Crippen LogP) is 2.85. The molecular weight excluding hydrogens is 266 g/mol. The van der Waals surface area contributed by atoms with E-state index in [2.05, 4.69) is 12.1 Å². The van der Waals surface area contributed by atoms with Gasteiger partial charge in [-0.25, -0.2) is 4.79 Å². The van der Waals surface area contributed by atoms with Crippen LogP contribution in [-0.2, 0) is 11.2 Å². The monoisotopic (exact) mass is 291 g/mol. The number of hydrogen-bond acceptors (Lipinski definition) is 3. The van der Waals surface area contributed by atoms with Crippen LogP contribution >= 0.6 is 0 Å². The number of rotatable bonds is 3. The molecule has 2 rings (SSSR count). The summed E-state index contributed by atoms with van der Waals surface area (Å²) in [4.78, 5) is 13.9. The van der Waals surface area contributed by atoms with Crippen molar-refractivity contribution in [3.63, 3.8) is 0 Å². The van der Waals surface area contributed by atoms with Gasteiger partial charge in [-0.05, 0) is 39.2 Å². The van der Waals surface area contributed by atoms with Crippen molar-refractivity contribution in [2.45, 2.75) is 39.2 Å². The molecule has 1 aliphatic rings. The number of nitrogens with zero attached hydrogens (tertiary/aromatic N) is 1. The topological polar surface area (TPSA) is 49.8 Å². The summed E-state index contributed by atoms with van der Waals surface area (Å²) < 4.78 is 5.42. The lowest BCUT2D eigenvalue weighted by Crippen LogP contribution is -2.38. The molecule has 0 aromatic heterocycles. The lowest BCUT2D eigenvalue weighted by molar-refractivity contribution is 0.0254. The van der Waals surface area contributed by atoms with Gasteiger partial charge in [0.2, 0.25) is 0 Å². The maximum absolute atomic E-state index is 12.1. The highest BCUT2D eigenvalue weighted by molar-refractivity contribution is 5.68. The molecule has 1 aromatic rings. The number of carbonyl (C=O) groups is 1. The van der Waals surface area contributed by atoms with Gasteiger partial charge in [-0.15, -0.1) is 0 Å². The Morgan fingerprint density at radius 2 is 2.00 bits per heavy atom. The zero-order valence-electron chi connectivity index (χ0n) is 13.1. The Labute approximate surface area is 126 Å². The predicted molar refractivity (Wildman–Crippen MR) is 82.1 cm³/mol. The number of amides is 1. The molecule has 0 spiro atoms. The molecule has 1 aromatic carbocycles. The Morgan fingerprint density at radius 1 is 1.33 bits per heavy atom. The molecule has 0 aliphatic carbocycles.